The van der Waals surface area contributed by atoms with Crippen LogP contribution in [0.25, 0.3) is 0 Å². The van der Waals surface area contributed by atoms with E-state index in [4.69, 9.17) is 23.6 Å². The minimum absolute atomic E-state index is 0.418. The fourth-order valence-electron chi connectivity index (χ4n) is 4.70. The molecular weight excluding hydrogens is 425 g/mol. The molecule has 1 aromatic carbocycles. The van der Waals surface area contributed by atoms with E-state index in [-0.39, 0.29) is 0 Å². The van der Waals surface area contributed by atoms with Crippen LogP contribution in [-0.2, 0) is 17.0 Å². The molecule has 0 amide bonds. The zero-order valence-corrected chi connectivity index (χ0v) is 20.6. The van der Waals surface area contributed by atoms with E-state index >= 15 is 0 Å². The Balaban J connectivity index is 0.000000878. The number of aliphatic imine (C=N–C) groups is 1. The third kappa shape index (κ3) is 7.35. The zero-order chi connectivity index (χ0) is 20.6. The van der Waals surface area contributed by atoms with Crippen LogP contribution in [0.3, 0.4) is 0 Å². The molecule has 1 aromatic rings. The molecule has 2 saturated carbocycles. The first-order valence-corrected chi connectivity index (χ1v) is 15.0. The fourth-order valence-corrected chi connectivity index (χ4v) is 4.70. The molecule has 2 fully saturated rings. The molecule has 156 valence electrons. The van der Waals surface area contributed by atoms with E-state index in [0.29, 0.717) is 23.1 Å². The number of rotatable bonds is 3. The standard InChI is InChI=1S/C23H35NO.2ClH.Ti/c1-23(2,3)19-12-14-20(15-13-19)24-16-18-10-7-11-21(22(18)25)17-8-5-4-6-9-17;;;/h7,10-11,16-17,19-20,25H,4-6,8-9,12-15H2,1-3H3;2*1H;/q;;;+2/p-2. The molecular formula is C23H35Cl2NOTi. The summed E-state index contributed by atoms with van der Waals surface area (Å²) in [6.07, 6.45) is 13.2. The first kappa shape index (κ1) is 24.3. The van der Waals surface area contributed by atoms with Gasteiger partial charge in [0, 0.05) is 17.8 Å². The first-order chi connectivity index (χ1) is 13.4. The summed E-state index contributed by atoms with van der Waals surface area (Å²) in [4.78, 5) is 4.83. The van der Waals surface area contributed by atoms with Gasteiger partial charge in [-0.3, -0.25) is 4.99 Å². The van der Waals surface area contributed by atoms with Gasteiger partial charge in [-0.05, 0) is 67.4 Å². The van der Waals surface area contributed by atoms with Crippen molar-refractivity contribution in [3.05, 3.63) is 29.3 Å². The second-order valence-electron chi connectivity index (χ2n) is 9.34. The molecule has 0 saturated heterocycles. The van der Waals surface area contributed by atoms with Crippen LogP contribution in [0.1, 0.15) is 95.6 Å². The summed E-state index contributed by atoms with van der Waals surface area (Å²) in [5.41, 5.74) is 2.46. The normalized spacial score (nSPS) is 23.9. The van der Waals surface area contributed by atoms with Crippen LogP contribution in [0.5, 0.6) is 5.75 Å². The van der Waals surface area contributed by atoms with Gasteiger partial charge in [0.05, 0.1) is 0 Å². The molecule has 28 heavy (non-hydrogen) atoms. The molecule has 0 atom stereocenters. The quantitative estimate of drug-likeness (QED) is 0.362. The molecule has 0 spiro atoms. The molecule has 2 nitrogen and oxygen atoms in total. The summed E-state index contributed by atoms with van der Waals surface area (Å²) < 4.78 is 0. The molecule has 0 aromatic heterocycles. The third-order valence-corrected chi connectivity index (χ3v) is 6.49. The second kappa shape index (κ2) is 12.0. The summed E-state index contributed by atoms with van der Waals surface area (Å²) in [6.45, 7) is 7.07. The van der Waals surface area contributed by atoms with E-state index in [1.807, 2.05) is 12.3 Å². The average molecular weight is 460 g/mol. The van der Waals surface area contributed by atoms with Crippen LogP contribution in [-0.4, -0.2) is 17.4 Å². The Morgan fingerprint density at radius 3 is 2.18 bits per heavy atom. The van der Waals surface area contributed by atoms with Crippen molar-refractivity contribution < 1.29 is 22.1 Å². The summed E-state index contributed by atoms with van der Waals surface area (Å²) in [5, 5.41) is 10.7. The molecule has 0 aliphatic heterocycles. The van der Waals surface area contributed by atoms with E-state index in [1.165, 1.54) is 57.8 Å². The second-order valence-corrected chi connectivity index (χ2v) is 11.9. The van der Waals surface area contributed by atoms with Crippen molar-refractivity contribution in [1.29, 1.82) is 0 Å². The number of aromatic hydroxyl groups is 1. The molecule has 2 aliphatic carbocycles. The van der Waals surface area contributed by atoms with Gasteiger partial charge in [0.2, 0.25) is 0 Å². The maximum absolute atomic E-state index is 10.7. The molecule has 0 bridgehead atoms. The summed E-state index contributed by atoms with van der Waals surface area (Å²) in [5.74, 6) is 1.83. The summed E-state index contributed by atoms with van der Waals surface area (Å²) in [7, 11) is 9.78. The molecule has 1 N–H and O–H groups in total. The van der Waals surface area contributed by atoms with Gasteiger partial charge in [0.25, 0.3) is 0 Å². The van der Waals surface area contributed by atoms with E-state index < -0.39 is 17.0 Å². The Kier molecular flexibility index (Phi) is 10.4. The predicted molar refractivity (Wildman–Crippen MR) is 118 cm³/mol. The molecule has 0 heterocycles. The number of phenols is 1. The monoisotopic (exact) mass is 459 g/mol. The van der Waals surface area contributed by atoms with Crippen LogP contribution >= 0.6 is 18.6 Å². The van der Waals surface area contributed by atoms with Gasteiger partial charge in [0.15, 0.2) is 0 Å². The van der Waals surface area contributed by atoms with Crippen molar-refractivity contribution in [3.63, 3.8) is 0 Å². The van der Waals surface area contributed by atoms with Crippen molar-refractivity contribution in [3.8, 4) is 5.75 Å². The molecule has 0 radical (unpaired) electrons. The van der Waals surface area contributed by atoms with E-state index in [2.05, 4.69) is 32.9 Å². The van der Waals surface area contributed by atoms with Crippen LogP contribution in [0.4, 0.5) is 0 Å². The zero-order valence-electron chi connectivity index (χ0n) is 17.6. The van der Waals surface area contributed by atoms with Crippen LogP contribution in [0, 0.1) is 11.3 Å². The molecule has 2 aliphatic rings. The topological polar surface area (TPSA) is 32.6 Å². The van der Waals surface area contributed by atoms with Crippen molar-refractivity contribution >= 4 is 24.8 Å². The number of para-hydroxylation sites is 1. The van der Waals surface area contributed by atoms with Gasteiger partial charge in [0.1, 0.15) is 5.75 Å². The van der Waals surface area contributed by atoms with Crippen molar-refractivity contribution in [1.82, 2.24) is 0 Å². The Labute approximate surface area is 188 Å². The van der Waals surface area contributed by atoms with Crippen molar-refractivity contribution in [2.24, 2.45) is 16.3 Å². The van der Waals surface area contributed by atoms with E-state index in [0.717, 1.165) is 17.0 Å². The fraction of sp³-hybridized carbons (Fsp3) is 0.696. The van der Waals surface area contributed by atoms with Crippen molar-refractivity contribution in [2.45, 2.75) is 90.5 Å². The van der Waals surface area contributed by atoms with Crippen LogP contribution in [0.2, 0.25) is 0 Å². The minimum atomic E-state index is -0.556. The van der Waals surface area contributed by atoms with E-state index in [1.54, 1.807) is 0 Å². The van der Waals surface area contributed by atoms with Crippen LogP contribution < -0.4 is 0 Å². The molecule has 0 unspecified atom stereocenters. The summed E-state index contributed by atoms with van der Waals surface area (Å²) >= 11 is -0.556. The van der Waals surface area contributed by atoms with Gasteiger partial charge in [-0.2, -0.15) is 0 Å². The van der Waals surface area contributed by atoms with Gasteiger partial charge >= 0.3 is 35.6 Å². The predicted octanol–water partition coefficient (Wildman–Crippen LogP) is 7.84. The SMILES string of the molecule is CC(C)(C)C1CCC(N=Cc2cccc(C3CCCCC3)c2O)CC1.[Cl][Ti][Cl]. The number of hydrogen-bond acceptors (Lipinski definition) is 2. The van der Waals surface area contributed by atoms with Gasteiger partial charge in [-0.15, -0.1) is 0 Å². The maximum atomic E-state index is 10.7. The van der Waals surface area contributed by atoms with Gasteiger partial charge in [-0.1, -0.05) is 52.2 Å². The Morgan fingerprint density at radius 1 is 1.00 bits per heavy atom. The van der Waals surface area contributed by atoms with Gasteiger partial charge < -0.3 is 5.11 Å². The summed E-state index contributed by atoms with van der Waals surface area (Å²) in [6, 6.07) is 6.63. The Bertz CT molecular complexity index is 616. The number of benzene rings is 1. The van der Waals surface area contributed by atoms with E-state index in [9.17, 15) is 5.11 Å². The Morgan fingerprint density at radius 2 is 1.61 bits per heavy atom. The first-order valence-electron chi connectivity index (χ1n) is 10.7. The number of hydrogen-bond donors (Lipinski definition) is 1. The van der Waals surface area contributed by atoms with Gasteiger partial charge in [-0.25, -0.2) is 0 Å². The Hall–Kier alpha value is -0.0157. The van der Waals surface area contributed by atoms with Crippen LogP contribution in [0.15, 0.2) is 23.2 Å². The molecule has 3 rings (SSSR count). The number of phenolic OH excluding ortho intramolecular Hbond substituents is 1. The number of halogens is 2. The molecule has 5 heteroatoms. The number of nitrogens with zero attached hydrogens (tertiary/aromatic N) is 1. The average Bonchev–Trinajstić information content (AvgIpc) is 2.68. The third-order valence-electron chi connectivity index (χ3n) is 6.49. The van der Waals surface area contributed by atoms with Crippen molar-refractivity contribution in [2.75, 3.05) is 0 Å².